The Bertz CT molecular complexity index is 940. The number of carbonyl (C=O) groups is 3. The fourth-order valence-electron chi connectivity index (χ4n) is 3.50. The summed E-state index contributed by atoms with van der Waals surface area (Å²) < 4.78 is 5.87. The highest BCUT2D eigenvalue weighted by Gasteiger charge is 2.40. The van der Waals surface area contributed by atoms with Gasteiger partial charge in [-0.1, -0.05) is 18.2 Å². The third-order valence-corrected chi connectivity index (χ3v) is 4.84. The van der Waals surface area contributed by atoms with Crippen LogP contribution in [0.1, 0.15) is 34.3 Å². The molecule has 27 heavy (non-hydrogen) atoms. The standard InChI is InChI=1S/C20H18N2O5/c23-13-4-1-3-12(9-13)11-27-17-6-2-5-14-15(17)10-22(20(14)26)16-7-8-18(24)21-19(16)25/h1-6,9,16,23H,7-8,10-11H2,(H,21,24,25). The van der Waals surface area contributed by atoms with Crippen LogP contribution in [0.4, 0.5) is 0 Å². The molecule has 1 fully saturated rings. The number of hydrogen-bond donors (Lipinski definition) is 2. The summed E-state index contributed by atoms with van der Waals surface area (Å²) in [5.41, 5.74) is 2.04. The van der Waals surface area contributed by atoms with Crippen molar-refractivity contribution in [1.82, 2.24) is 10.2 Å². The minimum Gasteiger partial charge on any atom is -0.508 e. The number of nitrogens with zero attached hydrogens (tertiary/aromatic N) is 1. The van der Waals surface area contributed by atoms with Crippen LogP contribution in [0.2, 0.25) is 0 Å². The predicted octanol–water partition coefficient (Wildman–Crippen LogP) is 1.73. The summed E-state index contributed by atoms with van der Waals surface area (Å²) in [7, 11) is 0. The molecule has 2 aromatic rings. The Labute approximate surface area is 155 Å². The van der Waals surface area contributed by atoms with Gasteiger partial charge in [0.05, 0.1) is 6.54 Å². The number of nitrogens with one attached hydrogen (secondary N) is 1. The van der Waals surface area contributed by atoms with Crippen LogP contribution in [0, 0.1) is 0 Å². The maximum Gasteiger partial charge on any atom is 0.255 e. The number of aromatic hydroxyl groups is 1. The zero-order chi connectivity index (χ0) is 19.0. The van der Waals surface area contributed by atoms with Crippen molar-refractivity contribution in [1.29, 1.82) is 0 Å². The first-order valence-electron chi connectivity index (χ1n) is 8.70. The molecule has 4 rings (SSSR count). The molecule has 0 aliphatic carbocycles. The topological polar surface area (TPSA) is 95.9 Å². The van der Waals surface area contributed by atoms with E-state index in [2.05, 4.69) is 5.32 Å². The zero-order valence-corrected chi connectivity index (χ0v) is 14.5. The molecule has 7 nitrogen and oxygen atoms in total. The molecule has 7 heteroatoms. The van der Waals surface area contributed by atoms with Gasteiger partial charge in [0.25, 0.3) is 5.91 Å². The van der Waals surface area contributed by atoms with E-state index >= 15 is 0 Å². The molecule has 1 unspecified atom stereocenters. The number of piperidine rings is 1. The van der Waals surface area contributed by atoms with Crippen LogP contribution >= 0.6 is 0 Å². The molecule has 0 radical (unpaired) electrons. The lowest BCUT2D eigenvalue weighted by molar-refractivity contribution is -0.136. The zero-order valence-electron chi connectivity index (χ0n) is 14.5. The molecule has 2 N–H and O–H groups in total. The van der Waals surface area contributed by atoms with Gasteiger partial charge in [0.15, 0.2) is 0 Å². The molecule has 0 aromatic heterocycles. The Morgan fingerprint density at radius 1 is 1.15 bits per heavy atom. The fourth-order valence-corrected chi connectivity index (χ4v) is 3.50. The van der Waals surface area contributed by atoms with E-state index in [9.17, 15) is 19.5 Å². The number of phenols is 1. The molecule has 2 aliphatic heterocycles. The quantitative estimate of drug-likeness (QED) is 0.804. The lowest BCUT2D eigenvalue weighted by Crippen LogP contribution is -2.52. The molecule has 3 amide bonds. The highest BCUT2D eigenvalue weighted by atomic mass is 16.5. The second-order valence-corrected chi connectivity index (χ2v) is 6.64. The lowest BCUT2D eigenvalue weighted by atomic mass is 10.0. The summed E-state index contributed by atoms with van der Waals surface area (Å²) in [5, 5.41) is 11.8. The van der Waals surface area contributed by atoms with Gasteiger partial charge in [0, 0.05) is 17.5 Å². The van der Waals surface area contributed by atoms with Gasteiger partial charge in [-0.15, -0.1) is 0 Å². The van der Waals surface area contributed by atoms with Crippen LogP contribution in [0.25, 0.3) is 0 Å². The molecule has 0 bridgehead atoms. The summed E-state index contributed by atoms with van der Waals surface area (Å²) in [6, 6.07) is 11.4. The van der Waals surface area contributed by atoms with Gasteiger partial charge in [0.1, 0.15) is 24.1 Å². The third kappa shape index (κ3) is 3.23. The van der Waals surface area contributed by atoms with Crippen molar-refractivity contribution in [2.75, 3.05) is 0 Å². The molecule has 2 aromatic carbocycles. The van der Waals surface area contributed by atoms with Crippen LogP contribution < -0.4 is 10.1 Å². The predicted molar refractivity (Wildman–Crippen MR) is 94.9 cm³/mol. The van der Waals surface area contributed by atoms with E-state index < -0.39 is 11.9 Å². The van der Waals surface area contributed by atoms with Crippen molar-refractivity contribution in [3.05, 3.63) is 59.2 Å². The summed E-state index contributed by atoms with van der Waals surface area (Å²) >= 11 is 0. The minimum atomic E-state index is -0.651. The van der Waals surface area contributed by atoms with E-state index in [1.165, 1.54) is 4.90 Å². The smallest absolute Gasteiger partial charge is 0.255 e. The first-order chi connectivity index (χ1) is 13.0. The van der Waals surface area contributed by atoms with Crippen molar-refractivity contribution in [2.45, 2.75) is 32.0 Å². The first kappa shape index (κ1) is 17.1. The Morgan fingerprint density at radius 2 is 1.96 bits per heavy atom. The molecule has 138 valence electrons. The number of carbonyl (C=O) groups excluding carboxylic acids is 3. The van der Waals surface area contributed by atoms with E-state index in [4.69, 9.17) is 4.74 Å². The second-order valence-electron chi connectivity index (χ2n) is 6.64. The maximum absolute atomic E-state index is 12.8. The number of ether oxygens (including phenoxy) is 1. The average molecular weight is 366 g/mol. The molecular formula is C20H18N2O5. The van der Waals surface area contributed by atoms with Crippen molar-refractivity contribution in [3.8, 4) is 11.5 Å². The number of hydrogen-bond acceptors (Lipinski definition) is 5. The van der Waals surface area contributed by atoms with Crippen molar-refractivity contribution in [2.24, 2.45) is 0 Å². The maximum atomic E-state index is 12.8. The van der Waals surface area contributed by atoms with Gasteiger partial charge in [-0.05, 0) is 36.2 Å². The SMILES string of the molecule is O=C1CCC(N2Cc3c(OCc4cccc(O)c4)cccc3C2=O)C(=O)N1. The van der Waals surface area contributed by atoms with Crippen LogP contribution in [0.15, 0.2) is 42.5 Å². The molecule has 2 heterocycles. The van der Waals surface area contributed by atoms with Crippen LogP contribution in [-0.2, 0) is 22.7 Å². The van der Waals surface area contributed by atoms with Gasteiger partial charge < -0.3 is 14.7 Å². The van der Waals surface area contributed by atoms with Gasteiger partial charge in [-0.25, -0.2) is 0 Å². The molecule has 0 saturated carbocycles. The van der Waals surface area contributed by atoms with E-state index in [0.717, 1.165) is 11.1 Å². The van der Waals surface area contributed by atoms with E-state index in [-0.39, 0.29) is 37.1 Å². The van der Waals surface area contributed by atoms with Crippen molar-refractivity contribution >= 4 is 17.7 Å². The molecular weight excluding hydrogens is 348 g/mol. The number of phenolic OH excluding ortho intramolecular Hbond substituents is 1. The Kier molecular flexibility index (Phi) is 4.27. The largest absolute Gasteiger partial charge is 0.508 e. The monoisotopic (exact) mass is 366 g/mol. The molecule has 0 spiro atoms. The number of benzene rings is 2. The number of imide groups is 1. The van der Waals surface area contributed by atoms with Crippen molar-refractivity contribution < 1.29 is 24.2 Å². The van der Waals surface area contributed by atoms with Gasteiger partial charge >= 0.3 is 0 Å². The second kappa shape index (κ2) is 6.75. The minimum absolute atomic E-state index is 0.161. The van der Waals surface area contributed by atoms with Gasteiger partial charge in [0.2, 0.25) is 11.8 Å². The summed E-state index contributed by atoms with van der Waals surface area (Å²) in [6.45, 7) is 0.508. The Morgan fingerprint density at radius 3 is 2.74 bits per heavy atom. The van der Waals surface area contributed by atoms with Crippen LogP contribution in [0.5, 0.6) is 11.5 Å². The highest BCUT2D eigenvalue weighted by Crippen LogP contribution is 2.34. The highest BCUT2D eigenvalue weighted by molar-refractivity contribution is 6.05. The van der Waals surface area contributed by atoms with E-state index in [1.807, 2.05) is 6.07 Å². The lowest BCUT2D eigenvalue weighted by Gasteiger charge is -2.29. The molecule has 1 atom stereocenters. The Balaban J connectivity index is 1.54. The van der Waals surface area contributed by atoms with E-state index in [1.54, 1.807) is 36.4 Å². The molecule has 2 aliphatic rings. The average Bonchev–Trinajstić information content (AvgIpc) is 2.97. The van der Waals surface area contributed by atoms with Crippen molar-refractivity contribution in [3.63, 3.8) is 0 Å². The summed E-state index contributed by atoms with van der Waals surface area (Å²) in [5.74, 6) is -0.250. The first-order valence-corrected chi connectivity index (χ1v) is 8.70. The molecule has 1 saturated heterocycles. The van der Waals surface area contributed by atoms with E-state index in [0.29, 0.717) is 17.7 Å². The van der Waals surface area contributed by atoms with Crippen LogP contribution in [0.3, 0.4) is 0 Å². The van der Waals surface area contributed by atoms with Gasteiger partial charge in [-0.2, -0.15) is 0 Å². The van der Waals surface area contributed by atoms with Gasteiger partial charge in [-0.3, -0.25) is 19.7 Å². The normalized spacial score (nSPS) is 19.0. The number of fused-ring (bicyclic) bond motifs is 1. The Hall–Kier alpha value is -3.35. The third-order valence-electron chi connectivity index (χ3n) is 4.84. The summed E-state index contributed by atoms with van der Waals surface area (Å²) in [6.07, 6.45) is 0.543. The number of amides is 3. The van der Waals surface area contributed by atoms with Crippen LogP contribution in [-0.4, -0.2) is 33.8 Å². The number of rotatable bonds is 4. The summed E-state index contributed by atoms with van der Waals surface area (Å²) in [4.78, 5) is 37.8. The fraction of sp³-hybridized carbons (Fsp3) is 0.250.